The number of esters is 1. The minimum atomic E-state index is -0.671. The van der Waals surface area contributed by atoms with Crippen LogP contribution in [0.25, 0.3) is 0 Å². The molecule has 3 N–H and O–H groups in total. The third kappa shape index (κ3) is 61.4. The third-order valence-electron chi connectivity index (χ3n) is 16.0. The molecule has 0 aliphatic rings. The van der Waals surface area contributed by atoms with E-state index in [0.29, 0.717) is 25.9 Å². The Morgan fingerprint density at radius 3 is 0.947 bits per heavy atom. The van der Waals surface area contributed by atoms with Gasteiger partial charge in [0.15, 0.2) is 0 Å². The van der Waals surface area contributed by atoms with Crippen LogP contribution in [-0.4, -0.2) is 47.4 Å². The molecule has 0 bridgehead atoms. The first-order chi connectivity index (χ1) is 37.0. The van der Waals surface area contributed by atoms with Crippen LogP contribution in [0.5, 0.6) is 0 Å². The third-order valence-corrected chi connectivity index (χ3v) is 16.0. The number of aliphatic hydroxyl groups excluding tert-OH is 2. The summed E-state index contributed by atoms with van der Waals surface area (Å²) in [5.41, 5.74) is 0. The summed E-state index contributed by atoms with van der Waals surface area (Å²) in [5.74, 6) is -0.0334. The van der Waals surface area contributed by atoms with E-state index in [4.69, 9.17) is 4.74 Å². The Labute approximate surface area is 469 Å². The summed E-state index contributed by atoms with van der Waals surface area (Å²) in [6.45, 7) is 4.97. The molecule has 0 saturated heterocycles. The van der Waals surface area contributed by atoms with Gasteiger partial charge in [0.05, 0.1) is 25.4 Å². The molecule has 75 heavy (non-hydrogen) atoms. The van der Waals surface area contributed by atoms with E-state index in [-0.39, 0.29) is 18.5 Å². The highest BCUT2D eigenvalue weighted by molar-refractivity contribution is 5.76. The molecule has 0 aromatic rings. The number of hydrogen-bond donors (Lipinski definition) is 3. The highest BCUT2D eigenvalue weighted by atomic mass is 16.5. The van der Waals surface area contributed by atoms with E-state index in [9.17, 15) is 19.8 Å². The van der Waals surface area contributed by atoms with Crippen molar-refractivity contribution >= 4 is 11.9 Å². The first kappa shape index (κ1) is 73.3. The molecule has 2 atom stereocenters. The number of amides is 1. The molecule has 0 aromatic carbocycles. The maximum absolute atomic E-state index is 12.5. The van der Waals surface area contributed by atoms with E-state index < -0.39 is 12.1 Å². The first-order valence-electron chi connectivity index (χ1n) is 34.1. The Hall–Kier alpha value is -1.66. The molecule has 6 nitrogen and oxygen atoms in total. The Bertz CT molecular complexity index is 1170. The lowest BCUT2D eigenvalue weighted by atomic mass is 10.0. The average molecular weight is 1060 g/mol. The molecular weight excluding hydrogens is 923 g/mol. The first-order valence-corrected chi connectivity index (χ1v) is 34.1. The summed E-state index contributed by atoms with van der Waals surface area (Å²) in [4.78, 5) is 24.6. The molecule has 0 heterocycles. The lowest BCUT2D eigenvalue weighted by molar-refractivity contribution is -0.143. The van der Waals surface area contributed by atoms with Crippen molar-refractivity contribution in [2.24, 2.45) is 0 Å². The van der Waals surface area contributed by atoms with Crippen LogP contribution < -0.4 is 5.32 Å². The normalized spacial score (nSPS) is 12.6. The molecule has 1 amide bonds. The summed E-state index contributed by atoms with van der Waals surface area (Å²) in [6.07, 6.45) is 80.6. The van der Waals surface area contributed by atoms with E-state index >= 15 is 0 Å². The molecular formula is C69H133NO5. The molecule has 0 fully saturated rings. The zero-order valence-electron chi connectivity index (χ0n) is 50.8. The Morgan fingerprint density at radius 1 is 0.360 bits per heavy atom. The minimum absolute atomic E-state index is 0.00673. The van der Waals surface area contributed by atoms with Crippen molar-refractivity contribution < 1.29 is 24.5 Å². The minimum Gasteiger partial charge on any atom is -0.466 e. The van der Waals surface area contributed by atoms with Crippen molar-refractivity contribution in [2.75, 3.05) is 13.2 Å². The van der Waals surface area contributed by atoms with E-state index in [2.05, 4.69) is 43.5 Å². The van der Waals surface area contributed by atoms with Gasteiger partial charge < -0.3 is 20.3 Å². The van der Waals surface area contributed by atoms with E-state index in [1.54, 1.807) is 0 Å². The molecule has 444 valence electrons. The van der Waals surface area contributed by atoms with Gasteiger partial charge in [-0.25, -0.2) is 0 Å². The number of unbranched alkanes of at least 4 members (excludes halogenated alkanes) is 49. The zero-order valence-corrected chi connectivity index (χ0v) is 50.8. The molecule has 0 rings (SSSR count). The second-order valence-electron chi connectivity index (χ2n) is 23.5. The molecule has 0 aromatic heterocycles. The second kappa shape index (κ2) is 64.9. The van der Waals surface area contributed by atoms with Gasteiger partial charge in [0, 0.05) is 12.8 Å². The van der Waals surface area contributed by atoms with Crippen LogP contribution in [0, 0.1) is 0 Å². The lowest BCUT2D eigenvalue weighted by Crippen LogP contribution is -2.45. The van der Waals surface area contributed by atoms with Crippen LogP contribution in [0.3, 0.4) is 0 Å². The van der Waals surface area contributed by atoms with Crippen LogP contribution in [0.4, 0.5) is 0 Å². The van der Waals surface area contributed by atoms with E-state index in [0.717, 1.165) is 44.9 Å². The standard InChI is InChI=1S/C69H133NO5/c1-3-5-7-9-11-13-15-17-19-21-25-29-33-37-41-45-49-53-57-61-67(72)66(65-71)70-68(73)62-58-54-50-46-42-38-34-30-27-23-24-28-32-36-40-44-48-52-56-60-64-75-69(74)63-59-55-51-47-43-39-35-31-26-22-20-18-16-14-12-10-8-6-4-2/h18,20,23,27,66-67,71-72H,3-17,19,21-22,24-26,28-65H2,1-2H3,(H,70,73)/b20-18-,27-23-. The van der Waals surface area contributed by atoms with Crippen molar-refractivity contribution in [3.63, 3.8) is 0 Å². The zero-order chi connectivity index (χ0) is 54.3. The summed E-state index contributed by atoms with van der Waals surface area (Å²) in [6, 6.07) is -0.549. The van der Waals surface area contributed by atoms with Crippen LogP contribution in [0.15, 0.2) is 24.3 Å². The summed E-state index contributed by atoms with van der Waals surface area (Å²) < 4.78 is 5.50. The van der Waals surface area contributed by atoms with E-state index in [1.165, 1.54) is 302 Å². The van der Waals surface area contributed by atoms with Crippen LogP contribution >= 0.6 is 0 Å². The monoisotopic (exact) mass is 1060 g/mol. The summed E-state index contributed by atoms with van der Waals surface area (Å²) in [7, 11) is 0. The predicted octanol–water partition coefficient (Wildman–Crippen LogP) is 21.8. The van der Waals surface area contributed by atoms with Crippen LogP contribution in [0.1, 0.15) is 380 Å². The van der Waals surface area contributed by atoms with Gasteiger partial charge in [0.2, 0.25) is 5.91 Å². The maximum atomic E-state index is 12.5. The summed E-state index contributed by atoms with van der Waals surface area (Å²) in [5, 5.41) is 23.4. The highest BCUT2D eigenvalue weighted by Crippen LogP contribution is 2.18. The van der Waals surface area contributed by atoms with Gasteiger partial charge in [-0.05, 0) is 77.0 Å². The fraction of sp³-hybridized carbons (Fsp3) is 0.913. The molecule has 2 unspecified atom stereocenters. The smallest absolute Gasteiger partial charge is 0.305 e. The van der Waals surface area contributed by atoms with Gasteiger partial charge in [-0.1, -0.05) is 314 Å². The van der Waals surface area contributed by atoms with Gasteiger partial charge in [-0.15, -0.1) is 0 Å². The maximum Gasteiger partial charge on any atom is 0.305 e. The van der Waals surface area contributed by atoms with Gasteiger partial charge in [-0.2, -0.15) is 0 Å². The highest BCUT2D eigenvalue weighted by Gasteiger charge is 2.20. The molecule has 0 radical (unpaired) electrons. The van der Waals surface area contributed by atoms with Gasteiger partial charge in [-0.3, -0.25) is 9.59 Å². The molecule has 0 aliphatic carbocycles. The van der Waals surface area contributed by atoms with Crippen molar-refractivity contribution in [1.29, 1.82) is 0 Å². The van der Waals surface area contributed by atoms with Crippen LogP contribution in [-0.2, 0) is 14.3 Å². The van der Waals surface area contributed by atoms with Crippen molar-refractivity contribution in [3.05, 3.63) is 24.3 Å². The molecule has 0 spiro atoms. The number of ether oxygens (including phenoxy) is 1. The Morgan fingerprint density at radius 2 is 0.627 bits per heavy atom. The molecule has 6 heteroatoms. The topological polar surface area (TPSA) is 95.9 Å². The van der Waals surface area contributed by atoms with Gasteiger partial charge >= 0.3 is 5.97 Å². The number of hydrogen-bond acceptors (Lipinski definition) is 5. The number of carbonyl (C=O) groups excluding carboxylic acids is 2. The Balaban J connectivity index is 3.41. The SMILES string of the molecule is CCCCCCCC/C=C\CCCCCCCCCCCC(=O)OCCCCCCCCCCC/C=C\CCCCCCCCCC(=O)NC(CO)C(O)CCCCCCCCCCCCCCCCCCCCC. The van der Waals surface area contributed by atoms with Crippen molar-refractivity contribution in [1.82, 2.24) is 5.32 Å². The largest absolute Gasteiger partial charge is 0.466 e. The molecule has 0 aliphatic heterocycles. The number of aliphatic hydroxyl groups is 2. The van der Waals surface area contributed by atoms with Gasteiger partial charge in [0.25, 0.3) is 0 Å². The quantitative estimate of drug-likeness (QED) is 0.0320. The molecule has 0 saturated carbocycles. The van der Waals surface area contributed by atoms with Crippen molar-refractivity contribution in [2.45, 2.75) is 392 Å². The number of rotatable bonds is 64. The fourth-order valence-corrected chi connectivity index (χ4v) is 10.7. The Kier molecular flexibility index (Phi) is 63.4. The van der Waals surface area contributed by atoms with E-state index in [1.807, 2.05) is 0 Å². The number of allylic oxidation sites excluding steroid dienone is 4. The number of carbonyl (C=O) groups is 2. The van der Waals surface area contributed by atoms with Gasteiger partial charge in [0.1, 0.15) is 0 Å². The predicted molar refractivity (Wildman–Crippen MR) is 329 cm³/mol. The number of nitrogens with one attached hydrogen (secondary N) is 1. The average Bonchev–Trinajstić information content (AvgIpc) is 3.41. The fourth-order valence-electron chi connectivity index (χ4n) is 10.7. The van der Waals surface area contributed by atoms with Crippen molar-refractivity contribution in [3.8, 4) is 0 Å². The van der Waals surface area contributed by atoms with Crippen LogP contribution in [0.2, 0.25) is 0 Å². The second-order valence-corrected chi connectivity index (χ2v) is 23.5. The lowest BCUT2D eigenvalue weighted by Gasteiger charge is -2.22. The summed E-state index contributed by atoms with van der Waals surface area (Å²) >= 11 is 0.